The van der Waals surface area contributed by atoms with E-state index in [0.29, 0.717) is 0 Å². The largest absolute Gasteiger partial charge is 0.497 e. The number of rotatable bonds is 5. The molecule has 19 heavy (non-hydrogen) atoms. The highest BCUT2D eigenvalue weighted by Crippen LogP contribution is 2.28. The molecule has 1 N–H and O–H groups in total. The molecule has 104 valence electrons. The molecule has 2 rings (SSSR count). The lowest BCUT2D eigenvalue weighted by molar-refractivity contribution is -0.138. The van der Waals surface area contributed by atoms with Gasteiger partial charge in [0.15, 0.2) is 0 Å². The van der Waals surface area contributed by atoms with Gasteiger partial charge in [0.05, 0.1) is 13.5 Å². The Kier molecular flexibility index (Phi) is 4.80. The van der Waals surface area contributed by atoms with Crippen LogP contribution >= 0.6 is 0 Å². The quantitative estimate of drug-likeness (QED) is 0.887. The van der Waals surface area contributed by atoms with Crippen molar-refractivity contribution in [1.29, 1.82) is 0 Å². The summed E-state index contributed by atoms with van der Waals surface area (Å²) in [4.78, 5) is 13.4. The number of aliphatic carboxylic acids is 1. The molecular weight excluding hydrogens is 242 g/mol. The molecule has 1 fully saturated rings. The summed E-state index contributed by atoms with van der Waals surface area (Å²) >= 11 is 0. The maximum absolute atomic E-state index is 11.1. The average Bonchev–Trinajstić information content (AvgIpc) is 2.46. The van der Waals surface area contributed by atoms with Gasteiger partial charge in [-0.2, -0.15) is 0 Å². The second-order valence-electron chi connectivity index (χ2n) is 4.98. The van der Waals surface area contributed by atoms with E-state index in [1.807, 2.05) is 24.3 Å². The number of piperidine rings is 1. The summed E-state index contributed by atoms with van der Waals surface area (Å²) in [5.74, 6) is 0.0582. The molecule has 0 aliphatic carbocycles. The summed E-state index contributed by atoms with van der Waals surface area (Å²) in [6.07, 6.45) is 3.73. The number of likely N-dealkylation sites (tertiary alicyclic amines) is 1. The average molecular weight is 263 g/mol. The van der Waals surface area contributed by atoms with Crippen molar-refractivity contribution in [2.45, 2.75) is 31.7 Å². The smallest absolute Gasteiger partial charge is 0.305 e. The monoisotopic (exact) mass is 263 g/mol. The highest BCUT2D eigenvalue weighted by Gasteiger charge is 2.24. The second kappa shape index (κ2) is 6.57. The molecule has 0 saturated carbocycles. The van der Waals surface area contributed by atoms with E-state index in [1.165, 1.54) is 6.42 Å². The topological polar surface area (TPSA) is 49.8 Å². The van der Waals surface area contributed by atoms with Gasteiger partial charge in [-0.05, 0) is 43.6 Å². The van der Waals surface area contributed by atoms with Gasteiger partial charge in [0.2, 0.25) is 0 Å². The maximum atomic E-state index is 11.1. The predicted octanol–water partition coefficient (Wildman–Crippen LogP) is 2.70. The third kappa shape index (κ3) is 3.70. The Bertz CT molecular complexity index is 410. The fraction of sp³-hybridized carbons (Fsp3) is 0.533. The Labute approximate surface area is 114 Å². The molecule has 0 aromatic heterocycles. The molecule has 0 amide bonds. The van der Waals surface area contributed by atoms with Gasteiger partial charge in [0.25, 0.3) is 0 Å². The standard InChI is InChI=1S/C15H21NO3/c1-19-13-7-5-12(6-8-13)14(11-15(17)18)16-9-3-2-4-10-16/h5-8,14H,2-4,9-11H2,1H3,(H,17,18). The van der Waals surface area contributed by atoms with Crippen molar-refractivity contribution in [3.05, 3.63) is 29.8 Å². The van der Waals surface area contributed by atoms with Crippen LogP contribution < -0.4 is 4.74 Å². The zero-order valence-electron chi connectivity index (χ0n) is 11.3. The first kappa shape index (κ1) is 13.9. The molecule has 0 bridgehead atoms. The summed E-state index contributed by atoms with van der Waals surface area (Å²) in [5, 5.41) is 9.13. The van der Waals surface area contributed by atoms with E-state index < -0.39 is 5.97 Å². The number of nitrogens with zero attached hydrogens (tertiary/aromatic N) is 1. The van der Waals surface area contributed by atoms with Crippen LogP contribution in [0.3, 0.4) is 0 Å². The summed E-state index contributed by atoms with van der Waals surface area (Å²) in [5.41, 5.74) is 1.06. The van der Waals surface area contributed by atoms with Crippen molar-refractivity contribution in [2.24, 2.45) is 0 Å². The van der Waals surface area contributed by atoms with E-state index in [4.69, 9.17) is 9.84 Å². The van der Waals surface area contributed by atoms with Crippen molar-refractivity contribution < 1.29 is 14.6 Å². The van der Waals surface area contributed by atoms with E-state index in [0.717, 1.165) is 37.2 Å². The summed E-state index contributed by atoms with van der Waals surface area (Å²) < 4.78 is 5.15. The SMILES string of the molecule is COc1ccc(C(CC(=O)O)N2CCCCC2)cc1. The fourth-order valence-corrected chi connectivity index (χ4v) is 2.68. The van der Waals surface area contributed by atoms with Gasteiger partial charge in [-0.1, -0.05) is 18.6 Å². The first-order valence-corrected chi connectivity index (χ1v) is 6.80. The van der Waals surface area contributed by atoms with Gasteiger partial charge < -0.3 is 9.84 Å². The zero-order chi connectivity index (χ0) is 13.7. The van der Waals surface area contributed by atoms with Gasteiger partial charge in [0.1, 0.15) is 5.75 Å². The van der Waals surface area contributed by atoms with Gasteiger partial charge in [-0.25, -0.2) is 0 Å². The Morgan fingerprint density at radius 2 is 1.89 bits per heavy atom. The third-order valence-electron chi connectivity index (χ3n) is 3.70. The molecule has 1 aromatic rings. The number of carbonyl (C=O) groups is 1. The van der Waals surface area contributed by atoms with Gasteiger partial charge in [0, 0.05) is 6.04 Å². The molecule has 0 radical (unpaired) electrons. The van der Waals surface area contributed by atoms with Crippen LogP contribution in [-0.2, 0) is 4.79 Å². The predicted molar refractivity (Wildman–Crippen MR) is 73.4 cm³/mol. The summed E-state index contributed by atoms with van der Waals surface area (Å²) in [7, 11) is 1.63. The zero-order valence-corrected chi connectivity index (χ0v) is 11.3. The summed E-state index contributed by atoms with van der Waals surface area (Å²) in [6, 6.07) is 7.72. The maximum Gasteiger partial charge on any atom is 0.305 e. The molecule has 1 aliphatic rings. The number of carboxylic acid groups (broad SMARTS) is 1. The van der Waals surface area contributed by atoms with Crippen molar-refractivity contribution in [3.63, 3.8) is 0 Å². The number of benzene rings is 1. The molecule has 1 aliphatic heterocycles. The van der Waals surface area contributed by atoms with Crippen LogP contribution in [0.25, 0.3) is 0 Å². The molecule has 1 aromatic carbocycles. The van der Waals surface area contributed by atoms with Gasteiger partial charge >= 0.3 is 5.97 Å². The molecule has 1 unspecified atom stereocenters. The second-order valence-corrected chi connectivity index (χ2v) is 4.98. The third-order valence-corrected chi connectivity index (χ3v) is 3.70. The van der Waals surface area contributed by atoms with E-state index in [-0.39, 0.29) is 12.5 Å². The van der Waals surface area contributed by atoms with E-state index >= 15 is 0 Å². The number of ether oxygens (including phenoxy) is 1. The van der Waals surface area contributed by atoms with E-state index in [1.54, 1.807) is 7.11 Å². The van der Waals surface area contributed by atoms with Crippen LogP contribution in [0.5, 0.6) is 5.75 Å². The van der Waals surface area contributed by atoms with Crippen molar-refractivity contribution in [1.82, 2.24) is 4.90 Å². The Morgan fingerprint density at radius 3 is 2.42 bits per heavy atom. The highest BCUT2D eigenvalue weighted by molar-refractivity contribution is 5.68. The van der Waals surface area contributed by atoms with Crippen molar-refractivity contribution >= 4 is 5.97 Å². The van der Waals surface area contributed by atoms with Crippen LogP contribution in [0.4, 0.5) is 0 Å². The van der Waals surface area contributed by atoms with Crippen LogP contribution in [0, 0.1) is 0 Å². The van der Waals surface area contributed by atoms with Gasteiger partial charge in [-0.15, -0.1) is 0 Å². The van der Waals surface area contributed by atoms with Crippen LogP contribution in [0.1, 0.15) is 37.3 Å². The van der Waals surface area contributed by atoms with Crippen LogP contribution in [-0.4, -0.2) is 36.2 Å². The van der Waals surface area contributed by atoms with Crippen molar-refractivity contribution in [3.8, 4) is 5.75 Å². The lowest BCUT2D eigenvalue weighted by Gasteiger charge is -2.34. The first-order chi connectivity index (χ1) is 9.20. The molecule has 1 atom stereocenters. The number of methoxy groups -OCH3 is 1. The van der Waals surface area contributed by atoms with E-state index in [9.17, 15) is 4.79 Å². The molecular formula is C15H21NO3. The molecule has 0 spiro atoms. The Hall–Kier alpha value is -1.55. The fourth-order valence-electron chi connectivity index (χ4n) is 2.68. The minimum atomic E-state index is -0.744. The minimum Gasteiger partial charge on any atom is -0.497 e. The number of hydrogen-bond donors (Lipinski definition) is 1. The lowest BCUT2D eigenvalue weighted by Crippen LogP contribution is -2.34. The Morgan fingerprint density at radius 1 is 1.26 bits per heavy atom. The number of carboxylic acids is 1. The normalized spacial score (nSPS) is 17.9. The number of hydrogen-bond acceptors (Lipinski definition) is 3. The minimum absolute atomic E-state index is 0.0243. The van der Waals surface area contributed by atoms with E-state index in [2.05, 4.69) is 4.90 Å². The molecule has 4 nitrogen and oxygen atoms in total. The van der Waals surface area contributed by atoms with Gasteiger partial charge in [-0.3, -0.25) is 9.69 Å². The summed E-state index contributed by atoms with van der Waals surface area (Å²) in [6.45, 7) is 1.98. The van der Waals surface area contributed by atoms with Crippen LogP contribution in [0.2, 0.25) is 0 Å². The molecule has 1 saturated heterocycles. The highest BCUT2D eigenvalue weighted by atomic mass is 16.5. The first-order valence-electron chi connectivity index (χ1n) is 6.80. The van der Waals surface area contributed by atoms with Crippen LogP contribution in [0.15, 0.2) is 24.3 Å². The lowest BCUT2D eigenvalue weighted by atomic mass is 9.99. The molecule has 4 heteroatoms. The van der Waals surface area contributed by atoms with Crippen molar-refractivity contribution in [2.75, 3.05) is 20.2 Å². The Balaban J connectivity index is 2.17. The molecule has 1 heterocycles.